The van der Waals surface area contributed by atoms with Gasteiger partial charge in [0.2, 0.25) is 0 Å². The molecule has 2 saturated heterocycles. The highest BCUT2D eigenvalue weighted by Gasteiger charge is 2.25. The molecule has 1 aromatic rings. The van der Waals surface area contributed by atoms with Gasteiger partial charge >= 0.3 is 0 Å². The Morgan fingerprint density at radius 3 is 2.80 bits per heavy atom. The van der Waals surface area contributed by atoms with Crippen LogP contribution >= 0.6 is 11.6 Å². The van der Waals surface area contributed by atoms with Crippen LogP contribution in [-0.4, -0.2) is 66.1 Å². The molecule has 2 aliphatic rings. The number of aromatic amines is 1. The Hall–Kier alpha value is -1.04. The van der Waals surface area contributed by atoms with E-state index in [0.717, 1.165) is 39.3 Å². The highest BCUT2D eigenvalue weighted by molar-refractivity contribution is 6.30. The Kier molecular flexibility index (Phi) is 4.29. The average Bonchev–Trinajstić information content (AvgIpc) is 3.10. The first-order valence-corrected chi connectivity index (χ1v) is 7.57. The Balaban J connectivity index is 1.49. The number of amides is 1. The quantitative estimate of drug-likeness (QED) is 0.922. The van der Waals surface area contributed by atoms with Crippen LogP contribution in [0.5, 0.6) is 0 Å². The molecule has 1 amide bonds. The lowest BCUT2D eigenvalue weighted by Gasteiger charge is -2.35. The molecule has 5 nitrogen and oxygen atoms in total. The summed E-state index contributed by atoms with van der Waals surface area (Å²) in [5, 5.41) is 0.574. The summed E-state index contributed by atoms with van der Waals surface area (Å²) in [5.74, 6) is 0.0358. The molecule has 0 saturated carbocycles. The molecule has 2 fully saturated rings. The third-order valence-electron chi connectivity index (χ3n) is 4.02. The number of rotatable bonds is 3. The van der Waals surface area contributed by atoms with Crippen molar-refractivity contribution < 1.29 is 9.53 Å². The molecule has 3 heterocycles. The maximum absolute atomic E-state index is 12.3. The van der Waals surface area contributed by atoms with E-state index in [-0.39, 0.29) is 5.91 Å². The molecule has 20 heavy (non-hydrogen) atoms. The molecule has 1 atom stereocenters. The zero-order chi connectivity index (χ0) is 13.9. The van der Waals surface area contributed by atoms with Crippen molar-refractivity contribution in [2.45, 2.75) is 18.9 Å². The second-order valence-electron chi connectivity index (χ2n) is 5.46. The van der Waals surface area contributed by atoms with Crippen LogP contribution in [0.25, 0.3) is 0 Å². The minimum Gasteiger partial charge on any atom is -0.377 e. The van der Waals surface area contributed by atoms with Crippen molar-refractivity contribution in [3.05, 3.63) is 23.0 Å². The Labute approximate surface area is 123 Å². The number of piperazine rings is 1. The van der Waals surface area contributed by atoms with Gasteiger partial charge in [-0.25, -0.2) is 0 Å². The number of halogens is 1. The Morgan fingerprint density at radius 2 is 2.20 bits per heavy atom. The van der Waals surface area contributed by atoms with E-state index in [1.54, 1.807) is 12.3 Å². The number of hydrogen-bond acceptors (Lipinski definition) is 3. The van der Waals surface area contributed by atoms with Crippen molar-refractivity contribution in [2.75, 3.05) is 39.3 Å². The molecule has 110 valence electrons. The van der Waals surface area contributed by atoms with Crippen LogP contribution in [0.3, 0.4) is 0 Å². The van der Waals surface area contributed by atoms with Crippen molar-refractivity contribution in [1.29, 1.82) is 0 Å². The first kappa shape index (κ1) is 13.9. The van der Waals surface area contributed by atoms with Crippen molar-refractivity contribution >= 4 is 17.5 Å². The standard InChI is InChI=1S/C14H20ClN3O2/c15-11-8-13(16-9-11)14(19)18-5-3-17(4-6-18)10-12-2-1-7-20-12/h8-9,12,16H,1-7,10H2/t12-/m1/s1. The van der Waals surface area contributed by atoms with E-state index in [9.17, 15) is 4.79 Å². The van der Waals surface area contributed by atoms with E-state index >= 15 is 0 Å². The molecular weight excluding hydrogens is 278 g/mol. The molecule has 0 spiro atoms. The zero-order valence-electron chi connectivity index (χ0n) is 11.5. The number of hydrogen-bond donors (Lipinski definition) is 1. The van der Waals surface area contributed by atoms with Gasteiger partial charge in [0.25, 0.3) is 5.91 Å². The number of carbonyl (C=O) groups excluding carboxylic acids is 1. The van der Waals surface area contributed by atoms with E-state index in [0.29, 0.717) is 16.8 Å². The lowest BCUT2D eigenvalue weighted by atomic mass is 10.2. The maximum atomic E-state index is 12.3. The van der Waals surface area contributed by atoms with Crippen molar-refractivity contribution in [1.82, 2.24) is 14.8 Å². The molecule has 1 N–H and O–H groups in total. The van der Waals surface area contributed by atoms with Crippen LogP contribution in [0, 0.1) is 0 Å². The fraction of sp³-hybridized carbons (Fsp3) is 0.643. The summed E-state index contributed by atoms with van der Waals surface area (Å²) in [6.45, 7) is 5.26. The number of nitrogens with zero attached hydrogens (tertiary/aromatic N) is 2. The number of carbonyl (C=O) groups is 1. The van der Waals surface area contributed by atoms with Gasteiger partial charge in [0.05, 0.1) is 11.1 Å². The number of ether oxygens (including phenoxy) is 1. The van der Waals surface area contributed by atoms with E-state index < -0.39 is 0 Å². The van der Waals surface area contributed by atoms with Crippen LogP contribution in [-0.2, 0) is 4.74 Å². The van der Waals surface area contributed by atoms with Crippen LogP contribution < -0.4 is 0 Å². The number of aromatic nitrogens is 1. The molecule has 3 rings (SSSR count). The summed E-state index contributed by atoms with van der Waals surface area (Å²) in [4.78, 5) is 19.4. The smallest absolute Gasteiger partial charge is 0.270 e. The largest absolute Gasteiger partial charge is 0.377 e. The van der Waals surface area contributed by atoms with Crippen LogP contribution in [0.1, 0.15) is 23.3 Å². The van der Waals surface area contributed by atoms with Crippen LogP contribution in [0.2, 0.25) is 5.02 Å². The van der Waals surface area contributed by atoms with E-state index in [4.69, 9.17) is 16.3 Å². The number of nitrogens with one attached hydrogen (secondary N) is 1. The summed E-state index contributed by atoms with van der Waals surface area (Å²) >= 11 is 5.84. The number of H-pyrrole nitrogens is 1. The summed E-state index contributed by atoms with van der Waals surface area (Å²) in [6.07, 6.45) is 4.37. The van der Waals surface area contributed by atoms with Gasteiger partial charge in [-0.05, 0) is 18.9 Å². The molecule has 0 unspecified atom stereocenters. The van der Waals surface area contributed by atoms with Gasteiger partial charge in [0.15, 0.2) is 0 Å². The van der Waals surface area contributed by atoms with Crippen molar-refractivity contribution in [2.24, 2.45) is 0 Å². The van der Waals surface area contributed by atoms with E-state index in [2.05, 4.69) is 9.88 Å². The average molecular weight is 298 g/mol. The lowest BCUT2D eigenvalue weighted by molar-refractivity contribution is 0.0430. The summed E-state index contributed by atoms with van der Waals surface area (Å²) in [5.41, 5.74) is 0.572. The molecule has 6 heteroatoms. The minimum absolute atomic E-state index is 0.0358. The SMILES string of the molecule is O=C(c1cc(Cl)c[nH]1)N1CCN(C[C@H]2CCCO2)CC1. The predicted octanol–water partition coefficient (Wildman–Crippen LogP) is 1.60. The third kappa shape index (κ3) is 3.16. The summed E-state index contributed by atoms with van der Waals surface area (Å²) in [6, 6.07) is 1.68. The molecular formula is C14H20ClN3O2. The Bertz CT molecular complexity index is 463. The second-order valence-corrected chi connectivity index (χ2v) is 5.90. The van der Waals surface area contributed by atoms with Crippen LogP contribution in [0.4, 0.5) is 0 Å². The van der Waals surface area contributed by atoms with Gasteiger partial charge in [-0.2, -0.15) is 0 Å². The highest BCUT2D eigenvalue weighted by atomic mass is 35.5. The summed E-state index contributed by atoms with van der Waals surface area (Å²) < 4.78 is 5.66. The maximum Gasteiger partial charge on any atom is 0.270 e. The van der Waals surface area contributed by atoms with Gasteiger partial charge in [-0.1, -0.05) is 11.6 Å². The summed E-state index contributed by atoms with van der Waals surface area (Å²) in [7, 11) is 0. The topological polar surface area (TPSA) is 48.6 Å². The molecule has 1 aromatic heterocycles. The van der Waals surface area contributed by atoms with Crippen molar-refractivity contribution in [3.8, 4) is 0 Å². The van der Waals surface area contributed by atoms with Crippen molar-refractivity contribution in [3.63, 3.8) is 0 Å². The third-order valence-corrected chi connectivity index (χ3v) is 4.24. The molecule has 0 aliphatic carbocycles. The van der Waals surface area contributed by atoms with Gasteiger partial charge in [-0.3, -0.25) is 9.69 Å². The molecule has 0 radical (unpaired) electrons. The van der Waals surface area contributed by atoms with Gasteiger partial charge < -0.3 is 14.6 Å². The predicted molar refractivity (Wildman–Crippen MR) is 77.1 cm³/mol. The lowest BCUT2D eigenvalue weighted by Crippen LogP contribution is -2.50. The first-order valence-electron chi connectivity index (χ1n) is 7.19. The van der Waals surface area contributed by atoms with Gasteiger partial charge in [-0.15, -0.1) is 0 Å². The van der Waals surface area contributed by atoms with Gasteiger partial charge in [0, 0.05) is 45.5 Å². The van der Waals surface area contributed by atoms with E-state index in [1.807, 2.05) is 4.90 Å². The normalized spacial score (nSPS) is 24.2. The minimum atomic E-state index is 0.0358. The molecule has 0 bridgehead atoms. The van der Waals surface area contributed by atoms with Gasteiger partial charge in [0.1, 0.15) is 5.69 Å². The molecule has 2 aliphatic heterocycles. The fourth-order valence-corrected chi connectivity index (χ4v) is 3.04. The monoisotopic (exact) mass is 297 g/mol. The second kappa shape index (κ2) is 6.16. The van der Waals surface area contributed by atoms with E-state index in [1.165, 1.54) is 12.8 Å². The first-order chi connectivity index (χ1) is 9.72. The molecule has 0 aromatic carbocycles. The Morgan fingerprint density at radius 1 is 1.40 bits per heavy atom. The van der Waals surface area contributed by atoms with Crippen LogP contribution in [0.15, 0.2) is 12.3 Å². The highest BCUT2D eigenvalue weighted by Crippen LogP contribution is 2.16. The zero-order valence-corrected chi connectivity index (χ0v) is 12.2. The fourth-order valence-electron chi connectivity index (χ4n) is 2.87.